The number of hydrazone groups is 1. The van der Waals surface area contributed by atoms with Crippen LogP contribution in [-0.2, 0) is 4.79 Å². The molecule has 5 rings (SSSR count). The summed E-state index contributed by atoms with van der Waals surface area (Å²) in [4.78, 5) is 12.4. The zero-order valence-corrected chi connectivity index (χ0v) is 16.2. The molecule has 0 aliphatic carbocycles. The second-order valence-corrected chi connectivity index (χ2v) is 7.16. The molecule has 2 aliphatic heterocycles. The van der Waals surface area contributed by atoms with Crippen molar-refractivity contribution in [3.63, 3.8) is 0 Å². The van der Waals surface area contributed by atoms with Crippen LogP contribution in [0.15, 0.2) is 59.8 Å². The first-order valence-corrected chi connectivity index (χ1v) is 9.49. The lowest BCUT2D eigenvalue weighted by molar-refractivity contribution is -0.130. The number of fused-ring (bicyclic) bond motifs is 1. The Kier molecular flexibility index (Phi) is 4.08. The standard InChI is InChI=1S/C22H20N4O3/c1-14-12-23-26(17-6-4-3-5-7-17)22(14)19-11-18(24-25(19)15(2)27)16-8-9-20-21(10-16)29-13-28-20/h3-10,12,19H,11,13H2,1-2H3/t19-/m0/s1. The SMILES string of the molecule is CC(=O)N1N=C(c2ccc3c(c2)OCO3)C[C@H]1c1c(C)cnn1-c1ccccc1. The fourth-order valence-electron chi connectivity index (χ4n) is 3.88. The molecule has 0 saturated heterocycles. The largest absolute Gasteiger partial charge is 0.454 e. The van der Waals surface area contributed by atoms with Gasteiger partial charge in [0.25, 0.3) is 0 Å². The lowest BCUT2D eigenvalue weighted by Crippen LogP contribution is -2.26. The number of amides is 1. The molecule has 7 nitrogen and oxygen atoms in total. The Hall–Kier alpha value is -3.61. The maximum absolute atomic E-state index is 12.4. The number of ether oxygens (including phenoxy) is 2. The van der Waals surface area contributed by atoms with Gasteiger partial charge in [-0.3, -0.25) is 4.79 Å². The molecule has 1 aromatic heterocycles. The lowest BCUT2D eigenvalue weighted by Gasteiger charge is -2.22. The van der Waals surface area contributed by atoms with Gasteiger partial charge in [0, 0.05) is 18.9 Å². The first-order chi connectivity index (χ1) is 14.1. The van der Waals surface area contributed by atoms with Crippen LogP contribution in [0.4, 0.5) is 0 Å². The number of hydrogen-bond donors (Lipinski definition) is 0. The van der Waals surface area contributed by atoms with Crippen molar-refractivity contribution < 1.29 is 14.3 Å². The summed E-state index contributed by atoms with van der Waals surface area (Å²) in [7, 11) is 0. The van der Waals surface area contributed by atoms with Crippen LogP contribution in [0.1, 0.15) is 36.2 Å². The minimum atomic E-state index is -0.226. The van der Waals surface area contributed by atoms with Crippen LogP contribution in [0, 0.1) is 6.92 Å². The van der Waals surface area contributed by atoms with Crippen molar-refractivity contribution in [1.82, 2.24) is 14.8 Å². The van der Waals surface area contributed by atoms with E-state index in [1.54, 1.807) is 5.01 Å². The fourth-order valence-corrected chi connectivity index (χ4v) is 3.88. The number of carbonyl (C=O) groups excluding carboxylic acids is 1. The Balaban J connectivity index is 1.54. The first kappa shape index (κ1) is 17.5. The van der Waals surface area contributed by atoms with Crippen molar-refractivity contribution in [2.75, 3.05) is 6.79 Å². The molecule has 0 spiro atoms. The summed E-state index contributed by atoms with van der Waals surface area (Å²) in [5, 5.41) is 10.8. The highest BCUT2D eigenvalue weighted by Crippen LogP contribution is 2.38. The summed E-state index contributed by atoms with van der Waals surface area (Å²) >= 11 is 0. The van der Waals surface area contributed by atoms with Crippen molar-refractivity contribution in [2.24, 2.45) is 5.10 Å². The Morgan fingerprint density at radius 2 is 1.90 bits per heavy atom. The molecule has 0 saturated carbocycles. The van der Waals surface area contributed by atoms with E-state index in [0.29, 0.717) is 12.2 Å². The highest BCUT2D eigenvalue weighted by atomic mass is 16.7. The molecule has 2 aliphatic rings. The highest BCUT2D eigenvalue weighted by molar-refractivity contribution is 6.03. The number of rotatable bonds is 3. The highest BCUT2D eigenvalue weighted by Gasteiger charge is 2.35. The van der Waals surface area contributed by atoms with Crippen molar-refractivity contribution in [2.45, 2.75) is 26.3 Å². The molecule has 0 radical (unpaired) electrons. The zero-order chi connectivity index (χ0) is 20.0. The number of hydrogen-bond acceptors (Lipinski definition) is 5. The molecular formula is C22H20N4O3. The number of benzene rings is 2. The number of para-hydroxylation sites is 1. The summed E-state index contributed by atoms with van der Waals surface area (Å²) in [5.41, 5.74) is 4.70. The quantitative estimate of drug-likeness (QED) is 0.687. The molecular weight excluding hydrogens is 368 g/mol. The Labute approximate surface area is 168 Å². The minimum absolute atomic E-state index is 0.106. The smallest absolute Gasteiger partial charge is 0.240 e. The van der Waals surface area contributed by atoms with Gasteiger partial charge in [-0.05, 0) is 42.8 Å². The van der Waals surface area contributed by atoms with E-state index in [4.69, 9.17) is 9.47 Å². The van der Waals surface area contributed by atoms with Gasteiger partial charge in [0.15, 0.2) is 11.5 Å². The summed E-state index contributed by atoms with van der Waals surface area (Å²) in [6.45, 7) is 3.78. The van der Waals surface area contributed by atoms with Gasteiger partial charge in [0.1, 0.15) is 6.04 Å². The van der Waals surface area contributed by atoms with Crippen molar-refractivity contribution in [1.29, 1.82) is 0 Å². The maximum Gasteiger partial charge on any atom is 0.240 e. The van der Waals surface area contributed by atoms with Gasteiger partial charge in [-0.2, -0.15) is 10.2 Å². The molecule has 29 heavy (non-hydrogen) atoms. The van der Waals surface area contributed by atoms with E-state index >= 15 is 0 Å². The monoisotopic (exact) mass is 388 g/mol. The van der Waals surface area contributed by atoms with Crippen LogP contribution >= 0.6 is 0 Å². The van der Waals surface area contributed by atoms with Gasteiger partial charge in [-0.15, -0.1) is 0 Å². The van der Waals surface area contributed by atoms with E-state index in [1.165, 1.54) is 6.92 Å². The average molecular weight is 388 g/mol. The van der Waals surface area contributed by atoms with Gasteiger partial charge in [0.2, 0.25) is 12.7 Å². The van der Waals surface area contributed by atoms with Crippen LogP contribution in [0.5, 0.6) is 11.5 Å². The van der Waals surface area contributed by atoms with Crippen LogP contribution < -0.4 is 9.47 Å². The van der Waals surface area contributed by atoms with Crippen molar-refractivity contribution in [3.05, 3.63) is 71.5 Å². The van der Waals surface area contributed by atoms with Crippen LogP contribution in [0.25, 0.3) is 5.69 Å². The molecule has 146 valence electrons. The van der Waals surface area contributed by atoms with E-state index in [9.17, 15) is 4.79 Å². The molecule has 0 unspecified atom stereocenters. The van der Waals surface area contributed by atoms with Gasteiger partial charge < -0.3 is 9.47 Å². The van der Waals surface area contributed by atoms with Crippen molar-refractivity contribution in [3.8, 4) is 17.2 Å². The van der Waals surface area contributed by atoms with Crippen LogP contribution in [0.2, 0.25) is 0 Å². The van der Waals surface area contributed by atoms with Gasteiger partial charge in [-0.25, -0.2) is 9.69 Å². The third-order valence-electron chi connectivity index (χ3n) is 5.25. The second kappa shape index (κ2) is 6.77. The predicted octanol–water partition coefficient (Wildman–Crippen LogP) is 3.61. The molecule has 0 bridgehead atoms. The Morgan fingerprint density at radius 1 is 1.10 bits per heavy atom. The number of nitrogens with zero attached hydrogens (tertiary/aromatic N) is 4. The summed E-state index contributed by atoms with van der Waals surface area (Å²) in [6, 6.07) is 15.5. The van der Waals surface area contributed by atoms with E-state index < -0.39 is 0 Å². The molecule has 1 atom stereocenters. The van der Waals surface area contributed by atoms with Gasteiger partial charge in [0.05, 0.1) is 23.3 Å². The second-order valence-electron chi connectivity index (χ2n) is 7.16. The minimum Gasteiger partial charge on any atom is -0.454 e. The number of aryl methyl sites for hydroxylation is 1. The van der Waals surface area contributed by atoms with Crippen molar-refractivity contribution >= 4 is 11.6 Å². The Morgan fingerprint density at radius 3 is 2.69 bits per heavy atom. The van der Waals surface area contributed by atoms with Crippen LogP contribution in [-0.4, -0.2) is 33.2 Å². The molecule has 7 heteroatoms. The Bertz CT molecular complexity index is 1120. The molecule has 3 heterocycles. The number of aromatic nitrogens is 2. The summed E-state index contributed by atoms with van der Waals surface area (Å²) in [5.74, 6) is 1.32. The molecule has 3 aromatic rings. The number of carbonyl (C=O) groups is 1. The predicted molar refractivity (Wildman–Crippen MR) is 107 cm³/mol. The van der Waals surface area contributed by atoms with Gasteiger partial charge in [-0.1, -0.05) is 18.2 Å². The summed E-state index contributed by atoms with van der Waals surface area (Å²) < 4.78 is 12.8. The first-order valence-electron chi connectivity index (χ1n) is 9.49. The summed E-state index contributed by atoms with van der Waals surface area (Å²) in [6.07, 6.45) is 2.43. The van der Waals surface area contributed by atoms with E-state index in [2.05, 4.69) is 10.2 Å². The van der Waals surface area contributed by atoms with Gasteiger partial charge >= 0.3 is 0 Å². The molecule has 0 N–H and O–H groups in total. The molecule has 1 amide bonds. The molecule has 2 aromatic carbocycles. The average Bonchev–Trinajstić information content (AvgIpc) is 3.45. The molecule has 0 fully saturated rings. The topological polar surface area (TPSA) is 69.0 Å². The van der Waals surface area contributed by atoms with E-state index in [1.807, 2.05) is 66.3 Å². The lowest BCUT2D eigenvalue weighted by atomic mass is 9.99. The van der Waals surface area contributed by atoms with Crippen LogP contribution in [0.3, 0.4) is 0 Å². The van der Waals surface area contributed by atoms with E-state index in [0.717, 1.165) is 34.0 Å². The third kappa shape index (κ3) is 2.95. The fraction of sp³-hybridized carbons (Fsp3) is 0.227. The normalized spacial score (nSPS) is 17.5. The third-order valence-corrected chi connectivity index (χ3v) is 5.25. The zero-order valence-electron chi connectivity index (χ0n) is 16.2. The van der Waals surface area contributed by atoms with E-state index in [-0.39, 0.29) is 18.7 Å². The maximum atomic E-state index is 12.4.